The van der Waals surface area contributed by atoms with E-state index in [1.165, 1.54) is 52.2 Å². The minimum atomic E-state index is -3.70. The molecule has 0 aliphatic carbocycles. The quantitative estimate of drug-likeness (QED) is 0.832. The molecule has 26 heavy (non-hydrogen) atoms. The van der Waals surface area contributed by atoms with Gasteiger partial charge in [-0.1, -0.05) is 0 Å². The van der Waals surface area contributed by atoms with Gasteiger partial charge in [0.25, 0.3) is 5.91 Å². The van der Waals surface area contributed by atoms with Crippen LogP contribution in [-0.4, -0.2) is 70.5 Å². The number of benzene rings is 1. The Morgan fingerprint density at radius 3 is 2.38 bits per heavy atom. The van der Waals surface area contributed by atoms with Gasteiger partial charge >= 0.3 is 0 Å². The lowest BCUT2D eigenvalue weighted by Crippen LogP contribution is -2.45. The molecule has 7 nitrogen and oxygen atoms in total. The molecule has 1 aromatic carbocycles. The van der Waals surface area contributed by atoms with Crippen LogP contribution in [0, 0.1) is 0 Å². The molecule has 0 unspecified atom stereocenters. The van der Waals surface area contributed by atoms with Crippen molar-refractivity contribution in [2.24, 2.45) is 0 Å². The van der Waals surface area contributed by atoms with Crippen molar-refractivity contribution in [1.82, 2.24) is 14.5 Å². The topological polar surface area (TPSA) is 79.0 Å². The third kappa shape index (κ3) is 3.87. The summed E-state index contributed by atoms with van der Waals surface area (Å²) < 4.78 is 31.8. The Hall–Kier alpha value is -1.64. The third-order valence-corrected chi connectivity index (χ3v) is 6.81. The van der Waals surface area contributed by atoms with E-state index in [0.29, 0.717) is 24.7 Å². The maximum Gasteiger partial charge on any atom is 0.253 e. The minimum absolute atomic E-state index is 0.0136. The summed E-state index contributed by atoms with van der Waals surface area (Å²) in [6.07, 6.45) is 4.49. The van der Waals surface area contributed by atoms with Crippen molar-refractivity contribution >= 4 is 15.9 Å². The third-order valence-electron chi connectivity index (χ3n) is 5.38. The molecular weight excluding hydrogens is 354 g/mol. The molecule has 0 atom stereocenters. The summed E-state index contributed by atoms with van der Waals surface area (Å²) in [6.45, 7) is 3.75. The van der Waals surface area contributed by atoms with Crippen LogP contribution < -0.4 is 9.46 Å². The second-order valence-electron chi connectivity index (χ2n) is 6.84. The molecule has 0 bridgehead atoms. The molecule has 2 saturated heterocycles. The molecule has 2 fully saturated rings. The van der Waals surface area contributed by atoms with E-state index in [0.717, 1.165) is 12.8 Å². The van der Waals surface area contributed by atoms with Crippen LogP contribution in [0.25, 0.3) is 0 Å². The Bertz CT molecular complexity index is 752. The molecule has 1 N–H and O–H groups in total. The fraction of sp³-hybridized carbons (Fsp3) is 0.611. The van der Waals surface area contributed by atoms with Crippen molar-refractivity contribution in [2.75, 3.05) is 40.3 Å². The molecule has 144 valence electrons. The maximum atomic E-state index is 12.9. The van der Waals surface area contributed by atoms with Crippen LogP contribution in [0.3, 0.4) is 0 Å². The molecule has 1 amide bonds. The van der Waals surface area contributed by atoms with Gasteiger partial charge in [-0.25, -0.2) is 13.1 Å². The minimum Gasteiger partial charge on any atom is -0.495 e. The molecule has 1 aromatic rings. The Morgan fingerprint density at radius 1 is 1.15 bits per heavy atom. The second kappa shape index (κ2) is 7.94. The molecule has 0 radical (unpaired) electrons. The van der Waals surface area contributed by atoms with Crippen LogP contribution in [0.15, 0.2) is 23.1 Å². The number of ether oxygens (including phenoxy) is 1. The van der Waals surface area contributed by atoms with E-state index < -0.39 is 10.0 Å². The predicted molar refractivity (Wildman–Crippen MR) is 99.0 cm³/mol. The van der Waals surface area contributed by atoms with E-state index in [1.54, 1.807) is 6.07 Å². The van der Waals surface area contributed by atoms with Crippen LogP contribution in [0.2, 0.25) is 0 Å². The molecule has 2 aliphatic rings. The average molecular weight is 381 g/mol. The highest BCUT2D eigenvalue weighted by atomic mass is 32.2. The largest absolute Gasteiger partial charge is 0.495 e. The molecule has 8 heteroatoms. The highest BCUT2D eigenvalue weighted by molar-refractivity contribution is 7.89. The first-order valence-corrected chi connectivity index (χ1v) is 10.6. The van der Waals surface area contributed by atoms with Gasteiger partial charge in [-0.15, -0.1) is 0 Å². The number of sulfonamides is 1. The van der Waals surface area contributed by atoms with Crippen molar-refractivity contribution in [1.29, 1.82) is 0 Å². The van der Waals surface area contributed by atoms with Gasteiger partial charge in [0, 0.05) is 24.7 Å². The smallest absolute Gasteiger partial charge is 0.253 e. The molecule has 3 rings (SSSR count). The van der Waals surface area contributed by atoms with Crippen LogP contribution >= 0.6 is 0 Å². The van der Waals surface area contributed by atoms with Crippen LogP contribution in [0.4, 0.5) is 0 Å². The number of piperidine rings is 1. The van der Waals surface area contributed by atoms with Gasteiger partial charge in [0.05, 0.1) is 7.11 Å². The van der Waals surface area contributed by atoms with Crippen LogP contribution in [-0.2, 0) is 10.0 Å². The number of methoxy groups -OCH3 is 1. The van der Waals surface area contributed by atoms with Crippen molar-refractivity contribution in [3.8, 4) is 5.75 Å². The van der Waals surface area contributed by atoms with Gasteiger partial charge in [0.1, 0.15) is 10.6 Å². The second-order valence-corrected chi connectivity index (χ2v) is 8.69. The fourth-order valence-electron chi connectivity index (χ4n) is 3.85. The lowest BCUT2D eigenvalue weighted by Gasteiger charge is -2.36. The number of likely N-dealkylation sites (tertiary alicyclic amines) is 2. The number of carbonyl (C=O) groups is 1. The van der Waals surface area contributed by atoms with Gasteiger partial charge in [-0.3, -0.25) is 4.79 Å². The number of nitrogens with zero attached hydrogens (tertiary/aromatic N) is 2. The van der Waals surface area contributed by atoms with Crippen molar-refractivity contribution < 1.29 is 17.9 Å². The number of amides is 1. The first-order valence-electron chi connectivity index (χ1n) is 9.11. The number of nitrogens with one attached hydrogen (secondary N) is 1. The van der Waals surface area contributed by atoms with E-state index in [4.69, 9.17) is 4.74 Å². The Balaban J connectivity index is 1.73. The normalized spacial score (nSPS) is 19.7. The Labute approximate surface area is 155 Å². The number of hydrogen-bond acceptors (Lipinski definition) is 5. The van der Waals surface area contributed by atoms with Gasteiger partial charge in [0.15, 0.2) is 0 Å². The predicted octanol–water partition coefficient (Wildman–Crippen LogP) is 1.30. The SMILES string of the molecule is CNS(=O)(=O)c1cc(C(=O)N2CCC(N3CCCC3)CC2)ccc1OC. The summed E-state index contributed by atoms with van der Waals surface area (Å²) in [6, 6.07) is 5.13. The number of hydrogen-bond donors (Lipinski definition) is 1. The van der Waals surface area contributed by atoms with E-state index in [9.17, 15) is 13.2 Å². The van der Waals surface area contributed by atoms with Crippen LogP contribution in [0.5, 0.6) is 5.75 Å². The summed E-state index contributed by atoms with van der Waals surface area (Å²) in [5, 5.41) is 0. The number of rotatable bonds is 5. The molecule has 2 heterocycles. The zero-order valence-electron chi connectivity index (χ0n) is 15.4. The van der Waals surface area contributed by atoms with E-state index in [2.05, 4.69) is 9.62 Å². The van der Waals surface area contributed by atoms with Gasteiger partial charge in [-0.05, 0) is 64.0 Å². The molecular formula is C18H27N3O4S. The van der Waals surface area contributed by atoms with E-state index in [1.807, 2.05) is 4.90 Å². The summed E-state index contributed by atoms with van der Waals surface area (Å²) in [5.41, 5.74) is 0.374. The van der Waals surface area contributed by atoms with Gasteiger partial charge < -0.3 is 14.5 Å². The zero-order valence-corrected chi connectivity index (χ0v) is 16.2. The first-order chi connectivity index (χ1) is 12.5. The lowest BCUT2D eigenvalue weighted by atomic mass is 10.0. The van der Waals surface area contributed by atoms with Gasteiger partial charge in [0.2, 0.25) is 10.0 Å². The zero-order chi connectivity index (χ0) is 18.7. The van der Waals surface area contributed by atoms with Crippen LogP contribution in [0.1, 0.15) is 36.0 Å². The van der Waals surface area contributed by atoms with Crippen molar-refractivity contribution in [2.45, 2.75) is 36.6 Å². The molecule has 2 aliphatic heterocycles. The molecule has 0 spiro atoms. The fourth-order valence-corrected chi connectivity index (χ4v) is 4.77. The summed E-state index contributed by atoms with van der Waals surface area (Å²) >= 11 is 0. The van der Waals surface area contributed by atoms with Crippen molar-refractivity contribution in [3.05, 3.63) is 23.8 Å². The Kier molecular flexibility index (Phi) is 5.84. The average Bonchev–Trinajstić information content (AvgIpc) is 3.22. The van der Waals surface area contributed by atoms with Crippen molar-refractivity contribution in [3.63, 3.8) is 0 Å². The van der Waals surface area contributed by atoms with Gasteiger partial charge in [-0.2, -0.15) is 0 Å². The van der Waals surface area contributed by atoms with E-state index in [-0.39, 0.29) is 16.6 Å². The highest BCUT2D eigenvalue weighted by Crippen LogP contribution is 2.27. The maximum absolute atomic E-state index is 12.9. The monoisotopic (exact) mass is 381 g/mol. The number of carbonyl (C=O) groups excluding carboxylic acids is 1. The Morgan fingerprint density at radius 2 is 1.81 bits per heavy atom. The lowest BCUT2D eigenvalue weighted by molar-refractivity contribution is 0.0644. The summed E-state index contributed by atoms with van der Waals surface area (Å²) in [4.78, 5) is 17.2. The highest BCUT2D eigenvalue weighted by Gasteiger charge is 2.29. The first kappa shape index (κ1) is 19.1. The molecule has 0 saturated carbocycles. The van der Waals surface area contributed by atoms with E-state index >= 15 is 0 Å². The summed E-state index contributed by atoms with van der Waals surface area (Å²) in [7, 11) is -0.949. The summed E-state index contributed by atoms with van der Waals surface area (Å²) in [5.74, 6) is 0.101. The standard InChI is InChI=1S/C18H27N3O4S/c1-19-26(23,24)17-13-14(5-6-16(17)25-2)18(22)21-11-7-15(8-12-21)20-9-3-4-10-20/h5-6,13,15,19H,3-4,7-12H2,1-2H3. The molecule has 0 aromatic heterocycles.